The molecule has 0 bridgehead atoms. The van der Waals surface area contributed by atoms with Gasteiger partial charge in [-0.15, -0.1) is 0 Å². The number of aromatic nitrogens is 2. The molecule has 2 aromatic rings. The van der Waals surface area contributed by atoms with Gasteiger partial charge in [0.05, 0.1) is 6.20 Å². The number of anilines is 1. The summed E-state index contributed by atoms with van der Waals surface area (Å²) in [6.07, 6.45) is 3.83. The number of nitrogens with two attached hydrogens (primary N) is 1. The number of thiocarbonyl (C=S) groups is 1. The Labute approximate surface area is 105 Å². The van der Waals surface area contributed by atoms with E-state index in [0.29, 0.717) is 4.99 Å². The molecule has 0 saturated carbocycles. The van der Waals surface area contributed by atoms with Gasteiger partial charge in [-0.05, 0) is 24.3 Å². The zero-order valence-electron chi connectivity index (χ0n) is 9.55. The molecule has 0 aliphatic rings. The first kappa shape index (κ1) is 11.6. The van der Waals surface area contributed by atoms with Crippen LogP contribution in [0.5, 0.6) is 0 Å². The summed E-state index contributed by atoms with van der Waals surface area (Å²) in [5.41, 5.74) is 8.59. The lowest BCUT2D eigenvalue weighted by Crippen LogP contribution is -2.09. The minimum absolute atomic E-state index is 0.420. The number of aryl methyl sites for hydroxylation is 1. The highest BCUT2D eigenvalue weighted by molar-refractivity contribution is 7.80. The molecule has 0 aliphatic heterocycles. The maximum Gasteiger partial charge on any atom is 0.103 e. The summed E-state index contributed by atoms with van der Waals surface area (Å²) in [4.78, 5) is 0.420. The molecule has 1 aromatic heterocycles. The fourth-order valence-electron chi connectivity index (χ4n) is 1.52. The quantitative estimate of drug-likeness (QED) is 0.806. The van der Waals surface area contributed by atoms with Crippen LogP contribution in [0.4, 0.5) is 5.69 Å². The van der Waals surface area contributed by atoms with Gasteiger partial charge in [0.25, 0.3) is 0 Å². The van der Waals surface area contributed by atoms with Crippen LogP contribution in [0.3, 0.4) is 0 Å². The molecule has 0 amide bonds. The Morgan fingerprint density at radius 1 is 1.41 bits per heavy atom. The monoisotopic (exact) mass is 246 g/mol. The van der Waals surface area contributed by atoms with E-state index in [-0.39, 0.29) is 0 Å². The van der Waals surface area contributed by atoms with E-state index in [0.717, 1.165) is 23.4 Å². The van der Waals surface area contributed by atoms with Gasteiger partial charge in [0.1, 0.15) is 4.99 Å². The van der Waals surface area contributed by atoms with Crippen molar-refractivity contribution in [3.05, 3.63) is 47.8 Å². The Balaban J connectivity index is 1.97. The van der Waals surface area contributed by atoms with Gasteiger partial charge in [-0.2, -0.15) is 5.10 Å². The molecular weight excluding hydrogens is 232 g/mol. The molecule has 3 N–H and O–H groups in total. The number of nitrogens with one attached hydrogen (secondary N) is 1. The van der Waals surface area contributed by atoms with E-state index in [4.69, 9.17) is 18.0 Å². The lowest BCUT2D eigenvalue weighted by molar-refractivity contribution is 0.767. The van der Waals surface area contributed by atoms with Crippen molar-refractivity contribution in [3.8, 4) is 0 Å². The van der Waals surface area contributed by atoms with Gasteiger partial charge in [0, 0.05) is 36.6 Å². The summed E-state index contributed by atoms with van der Waals surface area (Å²) in [6, 6.07) is 7.75. The van der Waals surface area contributed by atoms with E-state index in [1.165, 1.54) is 0 Å². The second-order valence-corrected chi connectivity index (χ2v) is 4.26. The van der Waals surface area contributed by atoms with Crippen molar-refractivity contribution in [1.29, 1.82) is 0 Å². The van der Waals surface area contributed by atoms with Crippen LogP contribution in [0.25, 0.3) is 0 Å². The predicted molar refractivity (Wildman–Crippen MR) is 72.9 cm³/mol. The van der Waals surface area contributed by atoms with Gasteiger partial charge < -0.3 is 11.1 Å². The molecule has 2 rings (SSSR count). The average Bonchev–Trinajstić information content (AvgIpc) is 2.73. The molecule has 0 atom stereocenters. The highest BCUT2D eigenvalue weighted by Crippen LogP contribution is 2.11. The Bertz CT molecular complexity index is 516. The minimum atomic E-state index is 0.420. The van der Waals surface area contributed by atoms with Crippen LogP contribution >= 0.6 is 12.2 Å². The van der Waals surface area contributed by atoms with Gasteiger partial charge in [-0.1, -0.05) is 12.2 Å². The standard InChI is InChI=1S/C12H14N4S/c1-16-8-9(7-15-16)6-14-11-4-2-10(3-5-11)12(13)17/h2-5,7-8,14H,6H2,1H3,(H2,13,17). The first-order valence-electron chi connectivity index (χ1n) is 5.26. The summed E-state index contributed by atoms with van der Waals surface area (Å²) in [5, 5.41) is 7.41. The molecule has 17 heavy (non-hydrogen) atoms. The van der Waals surface area contributed by atoms with Crippen LogP contribution in [0.1, 0.15) is 11.1 Å². The van der Waals surface area contributed by atoms with Crippen LogP contribution in [-0.4, -0.2) is 14.8 Å². The molecule has 5 heteroatoms. The van der Waals surface area contributed by atoms with Crippen molar-refractivity contribution in [2.45, 2.75) is 6.54 Å². The molecule has 0 radical (unpaired) electrons. The summed E-state index contributed by atoms with van der Waals surface area (Å²) in [5.74, 6) is 0. The summed E-state index contributed by atoms with van der Waals surface area (Å²) < 4.78 is 1.78. The second-order valence-electron chi connectivity index (χ2n) is 3.82. The maximum absolute atomic E-state index is 5.53. The summed E-state index contributed by atoms with van der Waals surface area (Å²) >= 11 is 4.90. The smallest absolute Gasteiger partial charge is 0.103 e. The fraction of sp³-hybridized carbons (Fsp3) is 0.167. The van der Waals surface area contributed by atoms with Crippen LogP contribution in [0.2, 0.25) is 0 Å². The van der Waals surface area contributed by atoms with Crippen LogP contribution in [0.15, 0.2) is 36.7 Å². The van der Waals surface area contributed by atoms with Crippen molar-refractivity contribution in [3.63, 3.8) is 0 Å². The fourth-order valence-corrected chi connectivity index (χ4v) is 1.66. The Kier molecular flexibility index (Phi) is 3.39. The van der Waals surface area contributed by atoms with E-state index in [2.05, 4.69) is 10.4 Å². The van der Waals surface area contributed by atoms with Gasteiger partial charge in [0.15, 0.2) is 0 Å². The zero-order valence-corrected chi connectivity index (χ0v) is 10.4. The highest BCUT2D eigenvalue weighted by atomic mass is 32.1. The van der Waals surface area contributed by atoms with Crippen molar-refractivity contribution in [2.75, 3.05) is 5.32 Å². The number of hydrogen-bond donors (Lipinski definition) is 2. The van der Waals surface area contributed by atoms with Crippen molar-refractivity contribution >= 4 is 22.9 Å². The average molecular weight is 246 g/mol. The topological polar surface area (TPSA) is 55.9 Å². The maximum atomic E-state index is 5.53. The van der Waals surface area contributed by atoms with E-state index in [1.807, 2.05) is 43.7 Å². The third-order valence-electron chi connectivity index (χ3n) is 2.42. The molecule has 0 spiro atoms. The molecular formula is C12H14N4S. The van der Waals surface area contributed by atoms with E-state index in [9.17, 15) is 0 Å². The molecule has 4 nitrogen and oxygen atoms in total. The van der Waals surface area contributed by atoms with Crippen LogP contribution < -0.4 is 11.1 Å². The summed E-state index contributed by atoms with van der Waals surface area (Å²) in [6.45, 7) is 0.750. The predicted octanol–water partition coefficient (Wildman–Crippen LogP) is 1.67. The second kappa shape index (κ2) is 4.97. The highest BCUT2D eigenvalue weighted by Gasteiger charge is 1.98. The minimum Gasteiger partial charge on any atom is -0.389 e. The number of rotatable bonds is 4. The van der Waals surface area contributed by atoms with Gasteiger partial charge in [0.2, 0.25) is 0 Å². The van der Waals surface area contributed by atoms with E-state index >= 15 is 0 Å². The van der Waals surface area contributed by atoms with Gasteiger partial charge >= 0.3 is 0 Å². The largest absolute Gasteiger partial charge is 0.389 e. The Hall–Kier alpha value is -1.88. The molecule has 1 heterocycles. The van der Waals surface area contributed by atoms with Crippen LogP contribution in [0, 0.1) is 0 Å². The molecule has 0 aliphatic carbocycles. The molecule has 1 aromatic carbocycles. The normalized spacial score (nSPS) is 10.2. The van der Waals surface area contributed by atoms with Crippen molar-refractivity contribution in [1.82, 2.24) is 9.78 Å². The zero-order chi connectivity index (χ0) is 12.3. The lowest BCUT2D eigenvalue weighted by Gasteiger charge is -2.05. The van der Waals surface area contributed by atoms with Gasteiger partial charge in [-0.3, -0.25) is 4.68 Å². The lowest BCUT2D eigenvalue weighted by atomic mass is 10.2. The summed E-state index contributed by atoms with van der Waals surface area (Å²) in [7, 11) is 1.90. The first-order chi connectivity index (χ1) is 8.15. The third kappa shape index (κ3) is 3.04. The molecule has 0 unspecified atom stereocenters. The molecule has 0 saturated heterocycles. The van der Waals surface area contributed by atoms with Crippen LogP contribution in [-0.2, 0) is 13.6 Å². The molecule has 88 valence electrons. The SMILES string of the molecule is Cn1cc(CNc2ccc(C(N)=S)cc2)cn1. The van der Waals surface area contributed by atoms with E-state index in [1.54, 1.807) is 4.68 Å². The van der Waals surface area contributed by atoms with E-state index < -0.39 is 0 Å². The van der Waals surface area contributed by atoms with Gasteiger partial charge in [-0.25, -0.2) is 0 Å². The number of benzene rings is 1. The van der Waals surface area contributed by atoms with Crippen molar-refractivity contribution < 1.29 is 0 Å². The number of hydrogen-bond acceptors (Lipinski definition) is 3. The number of nitrogens with zero attached hydrogens (tertiary/aromatic N) is 2. The van der Waals surface area contributed by atoms with Crippen molar-refractivity contribution in [2.24, 2.45) is 12.8 Å². The first-order valence-corrected chi connectivity index (χ1v) is 5.67. The Morgan fingerprint density at radius 2 is 2.12 bits per heavy atom. The third-order valence-corrected chi connectivity index (χ3v) is 2.66. The molecule has 0 fully saturated rings. The Morgan fingerprint density at radius 3 is 2.65 bits per heavy atom.